The molecule has 0 radical (unpaired) electrons. The molecule has 1 aliphatic rings. The van der Waals surface area contributed by atoms with E-state index in [4.69, 9.17) is 10.2 Å². The molecular weight excluding hydrogens is 236 g/mol. The smallest absolute Gasteiger partial charge is 0.326 e. The second-order valence-corrected chi connectivity index (χ2v) is 5.04. The van der Waals surface area contributed by atoms with Crippen molar-refractivity contribution in [2.75, 3.05) is 13.2 Å². The standard InChI is InChI=1S/C12H22N2O4/c1-8-2-3-9(6-8)7-13-12(18)14-10(4-5-15)11(16)17/h8-10,15H,2-7H2,1H3,(H,16,17)(H2,13,14,18)/t8?,9?,10-/m1/s1. The molecule has 0 aromatic carbocycles. The van der Waals surface area contributed by atoms with Gasteiger partial charge in [-0.1, -0.05) is 13.3 Å². The average Bonchev–Trinajstić information content (AvgIpc) is 2.72. The van der Waals surface area contributed by atoms with Gasteiger partial charge in [-0.3, -0.25) is 0 Å². The normalized spacial score (nSPS) is 24.6. The summed E-state index contributed by atoms with van der Waals surface area (Å²) in [5, 5.41) is 22.5. The Balaban J connectivity index is 2.25. The van der Waals surface area contributed by atoms with Gasteiger partial charge in [-0.15, -0.1) is 0 Å². The number of carbonyl (C=O) groups excluding carboxylic acids is 1. The molecule has 6 heteroatoms. The highest BCUT2D eigenvalue weighted by molar-refractivity contribution is 5.82. The highest BCUT2D eigenvalue weighted by Gasteiger charge is 2.23. The Hall–Kier alpha value is -1.30. The second kappa shape index (κ2) is 7.20. The number of aliphatic hydroxyl groups is 1. The van der Waals surface area contributed by atoms with Gasteiger partial charge in [-0.25, -0.2) is 9.59 Å². The van der Waals surface area contributed by atoms with Crippen molar-refractivity contribution >= 4 is 12.0 Å². The van der Waals surface area contributed by atoms with Crippen LogP contribution in [-0.4, -0.2) is 41.4 Å². The van der Waals surface area contributed by atoms with Crippen molar-refractivity contribution in [1.82, 2.24) is 10.6 Å². The first-order valence-corrected chi connectivity index (χ1v) is 6.41. The zero-order valence-corrected chi connectivity index (χ0v) is 10.7. The number of rotatable bonds is 6. The fourth-order valence-corrected chi connectivity index (χ4v) is 2.34. The Morgan fingerprint density at radius 2 is 2.11 bits per heavy atom. The van der Waals surface area contributed by atoms with Crippen LogP contribution in [0, 0.1) is 11.8 Å². The molecule has 6 nitrogen and oxygen atoms in total. The maximum Gasteiger partial charge on any atom is 0.326 e. The summed E-state index contributed by atoms with van der Waals surface area (Å²) in [7, 11) is 0. The minimum atomic E-state index is -1.13. The van der Waals surface area contributed by atoms with Gasteiger partial charge >= 0.3 is 12.0 Å². The van der Waals surface area contributed by atoms with Crippen molar-refractivity contribution < 1.29 is 19.8 Å². The van der Waals surface area contributed by atoms with Gasteiger partial charge < -0.3 is 20.8 Å². The fraction of sp³-hybridized carbons (Fsp3) is 0.833. The number of amides is 2. The van der Waals surface area contributed by atoms with Crippen LogP contribution in [0.3, 0.4) is 0 Å². The molecule has 0 aromatic rings. The third-order valence-corrected chi connectivity index (χ3v) is 3.38. The molecule has 18 heavy (non-hydrogen) atoms. The first-order valence-electron chi connectivity index (χ1n) is 6.41. The van der Waals surface area contributed by atoms with Gasteiger partial charge in [0.05, 0.1) is 0 Å². The number of carboxylic acids is 1. The topological polar surface area (TPSA) is 98.7 Å². The summed E-state index contributed by atoms with van der Waals surface area (Å²) in [5.41, 5.74) is 0. The molecule has 1 rings (SSSR count). The van der Waals surface area contributed by atoms with E-state index < -0.39 is 18.0 Å². The second-order valence-electron chi connectivity index (χ2n) is 5.04. The zero-order chi connectivity index (χ0) is 13.5. The first kappa shape index (κ1) is 14.8. The lowest BCUT2D eigenvalue weighted by atomic mass is 10.1. The molecule has 0 aliphatic heterocycles. The van der Waals surface area contributed by atoms with E-state index in [-0.39, 0.29) is 13.0 Å². The molecule has 1 saturated carbocycles. The minimum Gasteiger partial charge on any atom is -0.480 e. The number of carbonyl (C=O) groups is 2. The third-order valence-electron chi connectivity index (χ3n) is 3.38. The molecule has 3 atom stereocenters. The van der Waals surface area contributed by atoms with Crippen LogP contribution >= 0.6 is 0 Å². The maximum absolute atomic E-state index is 11.5. The average molecular weight is 258 g/mol. The number of hydrogen-bond donors (Lipinski definition) is 4. The van der Waals surface area contributed by atoms with E-state index in [9.17, 15) is 9.59 Å². The summed E-state index contributed by atoms with van der Waals surface area (Å²) in [6.07, 6.45) is 3.43. The van der Waals surface area contributed by atoms with Crippen molar-refractivity contribution in [1.29, 1.82) is 0 Å². The van der Waals surface area contributed by atoms with Crippen LogP contribution in [-0.2, 0) is 4.79 Å². The van der Waals surface area contributed by atoms with Crippen molar-refractivity contribution in [2.24, 2.45) is 11.8 Å². The van der Waals surface area contributed by atoms with E-state index in [0.29, 0.717) is 18.4 Å². The zero-order valence-electron chi connectivity index (χ0n) is 10.7. The number of urea groups is 1. The van der Waals surface area contributed by atoms with E-state index in [1.807, 2.05) is 0 Å². The molecule has 0 saturated heterocycles. The molecular formula is C12H22N2O4. The Bertz CT molecular complexity index is 296. The highest BCUT2D eigenvalue weighted by atomic mass is 16.4. The minimum absolute atomic E-state index is 0.0171. The number of hydrogen-bond acceptors (Lipinski definition) is 3. The van der Waals surface area contributed by atoms with Crippen molar-refractivity contribution in [3.05, 3.63) is 0 Å². The maximum atomic E-state index is 11.5. The lowest BCUT2D eigenvalue weighted by molar-refractivity contribution is -0.139. The molecule has 0 spiro atoms. The summed E-state index contributed by atoms with van der Waals surface area (Å²) >= 11 is 0. The molecule has 0 aromatic heterocycles. The summed E-state index contributed by atoms with van der Waals surface area (Å²) < 4.78 is 0. The summed E-state index contributed by atoms with van der Waals surface area (Å²) in [6.45, 7) is 2.51. The Morgan fingerprint density at radius 1 is 1.39 bits per heavy atom. The van der Waals surface area contributed by atoms with Crippen LogP contribution in [0.15, 0.2) is 0 Å². The van der Waals surface area contributed by atoms with Crippen LogP contribution in [0.2, 0.25) is 0 Å². The van der Waals surface area contributed by atoms with Crippen LogP contribution in [0.1, 0.15) is 32.6 Å². The van der Waals surface area contributed by atoms with Gasteiger partial charge in [0.15, 0.2) is 0 Å². The van der Waals surface area contributed by atoms with E-state index >= 15 is 0 Å². The van der Waals surface area contributed by atoms with Gasteiger partial charge in [0.25, 0.3) is 0 Å². The van der Waals surface area contributed by atoms with Crippen LogP contribution in [0.4, 0.5) is 4.79 Å². The summed E-state index contributed by atoms with van der Waals surface area (Å²) in [5.74, 6) is 0.0709. The first-order chi connectivity index (χ1) is 8.52. The third kappa shape index (κ3) is 4.91. The highest BCUT2D eigenvalue weighted by Crippen LogP contribution is 2.29. The van der Waals surface area contributed by atoms with Gasteiger partial charge in [0, 0.05) is 19.6 Å². The van der Waals surface area contributed by atoms with E-state index in [1.54, 1.807) is 0 Å². The summed E-state index contributed by atoms with van der Waals surface area (Å²) in [4.78, 5) is 22.3. The monoisotopic (exact) mass is 258 g/mol. The summed E-state index contributed by atoms with van der Waals surface area (Å²) in [6, 6.07) is -1.51. The molecule has 0 bridgehead atoms. The molecule has 2 unspecified atom stereocenters. The molecule has 1 fully saturated rings. The molecule has 104 valence electrons. The molecule has 4 N–H and O–H groups in total. The van der Waals surface area contributed by atoms with Crippen LogP contribution in [0.25, 0.3) is 0 Å². The van der Waals surface area contributed by atoms with Crippen molar-refractivity contribution in [3.8, 4) is 0 Å². The lowest BCUT2D eigenvalue weighted by Gasteiger charge is -2.16. The SMILES string of the molecule is CC1CCC(CNC(=O)N[C@H](CCO)C(=O)O)C1. The molecule has 2 amide bonds. The molecule has 1 aliphatic carbocycles. The predicted octanol–water partition coefficient (Wildman–Crippen LogP) is 0.557. The molecule has 0 heterocycles. The van der Waals surface area contributed by atoms with Crippen molar-refractivity contribution in [3.63, 3.8) is 0 Å². The van der Waals surface area contributed by atoms with Crippen LogP contribution in [0.5, 0.6) is 0 Å². The van der Waals surface area contributed by atoms with E-state index in [0.717, 1.165) is 12.8 Å². The van der Waals surface area contributed by atoms with Gasteiger partial charge in [0.1, 0.15) is 6.04 Å². The number of aliphatic hydroxyl groups excluding tert-OH is 1. The Kier molecular flexibility index (Phi) is 5.91. The number of aliphatic carboxylic acids is 1. The Morgan fingerprint density at radius 3 is 2.61 bits per heavy atom. The Labute approximate surface area is 107 Å². The van der Waals surface area contributed by atoms with Gasteiger partial charge in [-0.2, -0.15) is 0 Å². The van der Waals surface area contributed by atoms with Gasteiger partial charge in [0.2, 0.25) is 0 Å². The number of carboxylic acid groups (broad SMARTS) is 1. The van der Waals surface area contributed by atoms with Gasteiger partial charge in [-0.05, 0) is 24.7 Å². The fourth-order valence-electron chi connectivity index (χ4n) is 2.34. The van der Waals surface area contributed by atoms with E-state index in [2.05, 4.69) is 17.6 Å². The number of nitrogens with one attached hydrogen (secondary N) is 2. The van der Waals surface area contributed by atoms with Crippen LogP contribution < -0.4 is 10.6 Å². The quantitative estimate of drug-likeness (QED) is 0.559. The lowest BCUT2D eigenvalue weighted by Crippen LogP contribution is -2.47. The largest absolute Gasteiger partial charge is 0.480 e. The van der Waals surface area contributed by atoms with Crippen molar-refractivity contribution in [2.45, 2.75) is 38.6 Å². The van der Waals surface area contributed by atoms with E-state index in [1.165, 1.54) is 6.42 Å². The predicted molar refractivity (Wildman–Crippen MR) is 66.2 cm³/mol.